The quantitative estimate of drug-likeness (QED) is 0.676. The topological polar surface area (TPSA) is 52.6 Å². The van der Waals surface area contributed by atoms with E-state index in [4.69, 9.17) is 9.47 Å². The van der Waals surface area contributed by atoms with Crippen LogP contribution in [-0.4, -0.2) is 24.1 Å². The monoisotopic (exact) mass is 364 g/mol. The largest absolute Gasteiger partial charge is 0.458 e. The summed E-state index contributed by atoms with van der Waals surface area (Å²) in [5.41, 5.74) is -1.09. The smallest absolute Gasteiger partial charge is 0.312 e. The van der Waals surface area contributed by atoms with Crippen LogP contribution < -0.4 is 0 Å². The van der Waals surface area contributed by atoms with Gasteiger partial charge >= 0.3 is 11.9 Å². The molecule has 0 N–H and O–H groups in total. The zero-order valence-electron chi connectivity index (χ0n) is 17.8. The summed E-state index contributed by atoms with van der Waals surface area (Å²) < 4.78 is 11.9. The average molecular weight is 365 g/mol. The standard InChI is InChI=1S/C22H36O4/c1-9-22-11-13-10-14(22)16(26-18(22)24)15(13)25-17(23)21(8,20(5,6)7)12-19(2,3)4/h13-16H,9-12H2,1-8H3. The number of hydrogen-bond donors (Lipinski definition) is 0. The summed E-state index contributed by atoms with van der Waals surface area (Å²) in [7, 11) is 0. The molecule has 2 aliphatic carbocycles. The lowest BCUT2D eigenvalue weighted by Gasteiger charge is -2.44. The predicted molar refractivity (Wildman–Crippen MR) is 100 cm³/mol. The average Bonchev–Trinajstić information content (AvgIpc) is 3.06. The highest BCUT2D eigenvalue weighted by Gasteiger charge is 2.71. The van der Waals surface area contributed by atoms with Crippen molar-refractivity contribution in [1.29, 1.82) is 0 Å². The van der Waals surface area contributed by atoms with Crippen molar-refractivity contribution in [1.82, 2.24) is 0 Å². The number of fused-ring (bicyclic) bond motifs is 1. The van der Waals surface area contributed by atoms with E-state index in [2.05, 4.69) is 48.5 Å². The number of hydrogen-bond acceptors (Lipinski definition) is 4. The molecule has 3 aliphatic rings. The van der Waals surface area contributed by atoms with Crippen LogP contribution in [0, 0.1) is 33.5 Å². The first kappa shape index (κ1) is 19.7. The molecular weight excluding hydrogens is 328 g/mol. The zero-order chi connectivity index (χ0) is 19.7. The van der Waals surface area contributed by atoms with Crippen molar-refractivity contribution in [3.05, 3.63) is 0 Å². The van der Waals surface area contributed by atoms with Crippen molar-refractivity contribution in [3.8, 4) is 0 Å². The molecule has 4 nitrogen and oxygen atoms in total. The molecule has 1 aliphatic heterocycles. The molecule has 0 aromatic rings. The van der Waals surface area contributed by atoms with E-state index < -0.39 is 5.41 Å². The molecule has 0 radical (unpaired) electrons. The molecule has 0 aromatic carbocycles. The van der Waals surface area contributed by atoms with Gasteiger partial charge in [-0.05, 0) is 43.4 Å². The number of ether oxygens (including phenoxy) is 2. The van der Waals surface area contributed by atoms with E-state index in [1.807, 2.05) is 6.92 Å². The highest BCUT2D eigenvalue weighted by molar-refractivity contribution is 5.82. The first-order valence-electron chi connectivity index (χ1n) is 10.2. The molecular formula is C22H36O4. The number of esters is 2. The number of carbonyl (C=O) groups excluding carboxylic acids is 2. The Morgan fingerprint density at radius 2 is 1.81 bits per heavy atom. The van der Waals surface area contributed by atoms with Gasteiger partial charge in [0.15, 0.2) is 0 Å². The van der Waals surface area contributed by atoms with Gasteiger partial charge in [0.05, 0.1) is 10.8 Å². The summed E-state index contributed by atoms with van der Waals surface area (Å²) in [6.07, 6.45) is 2.85. The molecule has 2 saturated carbocycles. The SMILES string of the molecule is CCC12CC3CC1C(OC2=O)C3OC(=O)C(C)(CC(C)(C)C)C(C)(C)C. The van der Waals surface area contributed by atoms with Gasteiger partial charge < -0.3 is 9.47 Å². The molecule has 26 heavy (non-hydrogen) atoms. The molecule has 6 unspecified atom stereocenters. The maximum atomic E-state index is 13.4. The van der Waals surface area contributed by atoms with E-state index in [1.165, 1.54) is 0 Å². The Morgan fingerprint density at radius 3 is 2.31 bits per heavy atom. The molecule has 1 saturated heterocycles. The van der Waals surface area contributed by atoms with Crippen molar-refractivity contribution in [3.63, 3.8) is 0 Å². The molecule has 6 atom stereocenters. The first-order valence-corrected chi connectivity index (χ1v) is 10.2. The van der Waals surface area contributed by atoms with Crippen LogP contribution >= 0.6 is 0 Å². The van der Waals surface area contributed by atoms with Crippen LogP contribution in [0.5, 0.6) is 0 Å². The number of carbonyl (C=O) groups is 2. The fourth-order valence-electron chi connectivity index (χ4n) is 5.75. The van der Waals surface area contributed by atoms with Gasteiger partial charge in [0.25, 0.3) is 0 Å². The molecule has 0 spiro atoms. The summed E-state index contributed by atoms with van der Waals surface area (Å²) in [5.74, 6) is 0.289. The second-order valence-electron chi connectivity index (χ2n) is 11.4. The van der Waals surface area contributed by atoms with Crippen molar-refractivity contribution in [2.45, 2.75) is 93.3 Å². The molecule has 1 heterocycles. The van der Waals surface area contributed by atoms with Crippen molar-refractivity contribution < 1.29 is 19.1 Å². The van der Waals surface area contributed by atoms with Gasteiger partial charge in [-0.1, -0.05) is 48.5 Å². The first-order chi connectivity index (χ1) is 11.7. The van der Waals surface area contributed by atoms with Gasteiger partial charge in [0.1, 0.15) is 12.2 Å². The van der Waals surface area contributed by atoms with Crippen LogP contribution in [-0.2, 0) is 19.1 Å². The maximum absolute atomic E-state index is 13.4. The Balaban J connectivity index is 1.81. The Labute approximate surface area is 158 Å². The molecule has 4 heteroatoms. The number of rotatable bonds is 4. The highest BCUT2D eigenvalue weighted by atomic mass is 16.6. The normalized spacial score (nSPS) is 38.2. The van der Waals surface area contributed by atoms with E-state index in [9.17, 15) is 9.59 Å². The molecule has 3 rings (SSSR count). The van der Waals surface area contributed by atoms with Crippen LogP contribution in [0.25, 0.3) is 0 Å². The van der Waals surface area contributed by atoms with Gasteiger partial charge in [-0.15, -0.1) is 0 Å². The molecule has 0 amide bonds. The third kappa shape index (κ3) is 2.70. The summed E-state index contributed by atoms with van der Waals surface area (Å²) in [5, 5.41) is 0. The molecule has 148 valence electrons. The minimum Gasteiger partial charge on any atom is -0.458 e. The second kappa shape index (κ2) is 5.72. The fraction of sp³-hybridized carbons (Fsp3) is 0.909. The van der Waals surface area contributed by atoms with Gasteiger partial charge in [-0.3, -0.25) is 9.59 Å². The van der Waals surface area contributed by atoms with Crippen LogP contribution in [0.15, 0.2) is 0 Å². The third-order valence-corrected chi connectivity index (χ3v) is 7.59. The lowest BCUT2D eigenvalue weighted by Crippen LogP contribution is -2.48. The Bertz CT molecular complexity index is 611. The predicted octanol–water partition coefficient (Wildman–Crippen LogP) is 4.75. The maximum Gasteiger partial charge on any atom is 0.312 e. The Hall–Kier alpha value is -1.06. The van der Waals surface area contributed by atoms with Gasteiger partial charge in [-0.2, -0.15) is 0 Å². The zero-order valence-corrected chi connectivity index (χ0v) is 17.8. The van der Waals surface area contributed by atoms with Gasteiger partial charge in [0.2, 0.25) is 0 Å². The van der Waals surface area contributed by atoms with E-state index in [0.29, 0.717) is 0 Å². The summed E-state index contributed by atoms with van der Waals surface area (Å²) in [6, 6.07) is 0. The van der Waals surface area contributed by atoms with Crippen LogP contribution in [0.4, 0.5) is 0 Å². The minimum atomic E-state index is -0.586. The van der Waals surface area contributed by atoms with Gasteiger partial charge in [-0.25, -0.2) is 0 Å². The minimum absolute atomic E-state index is 0.0208. The summed E-state index contributed by atoms with van der Waals surface area (Å²) in [6.45, 7) is 16.9. The van der Waals surface area contributed by atoms with Crippen molar-refractivity contribution in [2.75, 3.05) is 0 Å². The lowest BCUT2D eigenvalue weighted by molar-refractivity contribution is -0.180. The third-order valence-electron chi connectivity index (χ3n) is 7.59. The molecule has 0 aromatic heterocycles. The molecule has 3 fully saturated rings. The van der Waals surface area contributed by atoms with E-state index >= 15 is 0 Å². The van der Waals surface area contributed by atoms with Gasteiger partial charge in [0, 0.05) is 11.8 Å². The van der Waals surface area contributed by atoms with E-state index in [0.717, 1.165) is 25.7 Å². The van der Waals surface area contributed by atoms with Crippen molar-refractivity contribution in [2.24, 2.45) is 33.5 Å². The van der Waals surface area contributed by atoms with Crippen molar-refractivity contribution >= 4 is 11.9 Å². The van der Waals surface area contributed by atoms with Crippen LogP contribution in [0.3, 0.4) is 0 Å². The highest BCUT2D eigenvalue weighted by Crippen LogP contribution is 2.64. The molecule has 2 bridgehead atoms. The van der Waals surface area contributed by atoms with Crippen LogP contribution in [0.1, 0.15) is 81.1 Å². The fourth-order valence-corrected chi connectivity index (χ4v) is 5.75. The summed E-state index contributed by atoms with van der Waals surface area (Å²) >= 11 is 0. The summed E-state index contributed by atoms with van der Waals surface area (Å²) in [4.78, 5) is 25.8. The second-order valence-corrected chi connectivity index (χ2v) is 11.4. The Morgan fingerprint density at radius 1 is 1.19 bits per heavy atom. The van der Waals surface area contributed by atoms with Crippen LogP contribution in [0.2, 0.25) is 0 Å². The Kier molecular flexibility index (Phi) is 4.33. The lowest BCUT2D eigenvalue weighted by atomic mass is 9.61. The van der Waals surface area contributed by atoms with E-state index in [-0.39, 0.29) is 52.2 Å². The van der Waals surface area contributed by atoms with E-state index in [1.54, 1.807) is 0 Å².